The molecular weight excluding hydrogens is 426 g/mol. The predicted octanol–water partition coefficient (Wildman–Crippen LogP) is 5.01. The average molecular weight is 454 g/mol. The number of nitrogens with one attached hydrogen (secondary N) is 1. The van der Waals surface area contributed by atoms with Crippen molar-refractivity contribution in [1.29, 1.82) is 0 Å². The number of carbonyl (C=O) groups excluding carboxylic acids is 1. The molecule has 1 aromatic heterocycles. The van der Waals surface area contributed by atoms with Gasteiger partial charge in [0.1, 0.15) is 13.2 Å². The molecule has 2 heterocycles. The third kappa shape index (κ3) is 4.60. The summed E-state index contributed by atoms with van der Waals surface area (Å²) in [7, 11) is 0. The van der Waals surface area contributed by atoms with Gasteiger partial charge in [-0.2, -0.15) is 5.10 Å². The Hall–Kier alpha value is -2.99. The van der Waals surface area contributed by atoms with Gasteiger partial charge in [0.05, 0.1) is 29.5 Å². The van der Waals surface area contributed by atoms with E-state index in [1.165, 1.54) is 0 Å². The first-order valence-electron chi connectivity index (χ1n) is 10.8. The zero-order valence-electron chi connectivity index (χ0n) is 18.8. The van der Waals surface area contributed by atoms with E-state index >= 15 is 0 Å². The van der Waals surface area contributed by atoms with Crippen molar-refractivity contribution < 1.29 is 14.3 Å². The molecule has 0 saturated carbocycles. The number of carbonyl (C=O) groups is 1. The van der Waals surface area contributed by atoms with Crippen LogP contribution in [-0.2, 0) is 16.8 Å². The van der Waals surface area contributed by atoms with Crippen LogP contribution in [0.4, 0.5) is 0 Å². The topological polar surface area (TPSA) is 65.4 Å². The Morgan fingerprint density at radius 2 is 1.91 bits per heavy atom. The highest BCUT2D eigenvalue weighted by Gasteiger charge is 2.25. The fraction of sp³-hybridized carbons (Fsp3) is 0.360. The summed E-state index contributed by atoms with van der Waals surface area (Å²) in [4.78, 5) is 13.0. The Morgan fingerprint density at radius 1 is 1.16 bits per heavy atom. The standard InChI is InChI=1S/C25H28ClN3O3/c1-16(20-9-6-10-21-23(20)32-12-11-31-21)24(30)27-15-19-14-22(25(2,3)4)28-29(19)18-8-5-7-17(26)13-18/h5-10,13-14,16H,11-12,15H2,1-4H3,(H,27,30). The highest BCUT2D eigenvalue weighted by molar-refractivity contribution is 6.30. The third-order valence-corrected chi connectivity index (χ3v) is 5.74. The van der Waals surface area contributed by atoms with Gasteiger partial charge < -0.3 is 14.8 Å². The molecule has 1 aliphatic heterocycles. The largest absolute Gasteiger partial charge is 0.486 e. The van der Waals surface area contributed by atoms with E-state index in [1.54, 1.807) is 0 Å². The Balaban J connectivity index is 1.57. The van der Waals surface area contributed by atoms with Crippen LogP contribution in [0.25, 0.3) is 5.69 Å². The maximum Gasteiger partial charge on any atom is 0.227 e. The van der Waals surface area contributed by atoms with Crippen LogP contribution in [-0.4, -0.2) is 28.9 Å². The van der Waals surface area contributed by atoms with Gasteiger partial charge >= 0.3 is 0 Å². The van der Waals surface area contributed by atoms with Crippen molar-refractivity contribution in [3.05, 3.63) is 70.5 Å². The van der Waals surface area contributed by atoms with Crippen LogP contribution in [0.15, 0.2) is 48.5 Å². The molecule has 3 aromatic rings. The number of ether oxygens (including phenoxy) is 2. The third-order valence-electron chi connectivity index (χ3n) is 5.50. The van der Waals surface area contributed by atoms with E-state index in [2.05, 4.69) is 26.1 Å². The quantitative estimate of drug-likeness (QED) is 0.589. The number of halogens is 1. The smallest absolute Gasteiger partial charge is 0.227 e. The molecule has 4 rings (SSSR count). The summed E-state index contributed by atoms with van der Waals surface area (Å²) in [5.41, 5.74) is 3.37. The Labute approximate surface area is 193 Å². The summed E-state index contributed by atoms with van der Waals surface area (Å²) in [6.45, 7) is 9.55. The minimum atomic E-state index is -0.392. The van der Waals surface area contributed by atoms with E-state index in [9.17, 15) is 4.79 Å². The van der Waals surface area contributed by atoms with Crippen LogP contribution in [0, 0.1) is 0 Å². The van der Waals surface area contributed by atoms with Gasteiger partial charge in [0.25, 0.3) is 0 Å². The Kier molecular flexibility index (Phi) is 6.15. The lowest BCUT2D eigenvalue weighted by Gasteiger charge is -2.23. The molecule has 1 aliphatic rings. The van der Waals surface area contributed by atoms with Gasteiger partial charge in [-0.3, -0.25) is 4.79 Å². The van der Waals surface area contributed by atoms with Gasteiger partial charge in [-0.05, 0) is 37.3 Å². The molecule has 0 aliphatic carbocycles. The number of benzene rings is 2. The number of nitrogens with zero attached hydrogens (tertiary/aromatic N) is 2. The van der Waals surface area contributed by atoms with E-state index in [4.69, 9.17) is 26.2 Å². The lowest BCUT2D eigenvalue weighted by atomic mass is 9.92. The normalized spacial score (nSPS) is 14.2. The summed E-state index contributed by atoms with van der Waals surface area (Å²) in [5, 5.41) is 8.50. The van der Waals surface area contributed by atoms with Gasteiger partial charge in [0.2, 0.25) is 5.91 Å². The molecule has 1 amide bonds. The maximum absolute atomic E-state index is 13.0. The van der Waals surface area contributed by atoms with Crippen molar-refractivity contribution >= 4 is 17.5 Å². The predicted molar refractivity (Wildman–Crippen MR) is 125 cm³/mol. The van der Waals surface area contributed by atoms with Crippen LogP contribution in [0.3, 0.4) is 0 Å². The molecule has 2 aromatic carbocycles. The molecule has 0 bridgehead atoms. The minimum Gasteiger partial charge on any atom is -0.486 e. The first kappa shape index (κ1) is 22.2. The van der Waals surface area contributed by atoms with Crippen LogP contribution in [0.2, 0.25) is 5.02 Å². The molecular formula is C25H28ClN3O3. The van der Waals surface area contributed by atoms with Crippen molar-refractivity contribution in [2.45, 2.75) is 45.6 Å². The first-order chi connectivity index (χ1) is 15.2. The van der Waals surface area contributed by atoms with Gasteiger partial charge in [0, 0.05) is 16.0 Å². The van der Waals surface area contributed by atoms with E-state index < -0.39 is 5.92 Å². The number of hydrogen-bond donors (Lipinski definition) is 1. The van der Waals surface area contributed by atoms with Crippen LogP contribution >= 0.6 is 11.6 Å². The minimum absolute atomic E-state index is 0.0938. The number of amides is 1. The number of para-hydroxylation sites is 1. The van der Waals surface area contributed by atoms with Crippen molar-refractivity contribution in [2.75, 3.05) is 13.2 Å². The van der Waals surface area contributed by atoms with Crippen LogP contribution in [0.1, 0.15) is 50.6 Å². The highest BCUT2D eigenvalue weighted by Crippen LogP contribution is 2.37. The lowest BCUT2D eigenvalue weighted by molar-refractivity contribution is -0.122. The average Bonchev–Trinajstić information content (AvgIpc) is 3.21. The van der Waals surface area contributed by atoms with E-state index in [0.29, 0.717) is 36.3 Å². The fourth-order valence-electron chi connectivity index (χ4n) is 3.65. The Morgan fingerprint density at radius 3 is 2.66 bits per heavy atom. The number of hydrogen-bond acceptors (Lipinski definition) is 4. The molecule has 0 saturated heterocycles. The van der Waals surface area contributed by atoms with Gasteiger partial charge in [-0.1, -0.05) is 50.6 Å². The summed E-state index contributed by atoms with van der Waals surface area (Å²) in [6.07, 6.45) is 0. The molecule has 7 heteroatoms. The zero-order chi connectivity index (χ0) is 22.9. The van der Waals surface area contributed by atoms with Crippen molar-refractivity contribution in [1.82, 2.24) is 15.1 Å². The maximum atomic E-state index is 13.0. The highest BCUT2D eigenvalue weighted by atomic mass is 35.5. The van der Waals surface area contributed by atoms with E-state index in [1.807, 2.05) is 60.1 Å². The molecule has 168 valence electrons. The second-order valence-corrected chi connectivity index (χ2v) is 9.41. The van der Waals surface area contributed by atoms with Crippen molar-refractivity contribution in [2.24, 2.45) is 0 Å². The molecule has 0 radical (unpaired) electrons. The number of rotatable bonds is 5. The molecule has 6 nitrogen and oxygen atoms in total. The molecule has 0 spiro atoms. The van der Waals surface area contributed by atoms with Gasteiger partial charge in [-0.25, -0.2) is 4.68 Å². The monoisotopic (exact) mass is 453 g/mol. The zero-order valence-corrected chi connectivity index (χ0v) is 19.6. The summed E-state index contributed by atoms with van der Waals surface area (Å²) < 4.78 is 13.3. The number of aromatic nitrogens is 2. The number of fused-ring (bicyclic) bond motifs is 1. The molecule has 1 unspecified atom stereocenters. The first-order valence-corrected chi connectivity index (χ1v) is 11.1. The lowest BCUT2D eigenvalue weighted by Crippen LogP contribution is -2.29. The van der Waals surface area contributed by atoms with Crippen molar-refractivity contribution in [3.8, 4) is 17.2 Å². The van der Waals surface area contributed by atoms with Gasteiger partial charge in [0.15, 0.2) is 11.5 Å². The second-order valence-electron chi connectivity index (χ2n) is 8.97. The fourth-order valence-corrected chi connectivity index (χ4v) is 3.84. The van der Waals surface area contributed by atoms with Crippen LogP contribution < -0.4 is 14.8 Å². The van der Waals surface area contributed by atoms with E-state index in [0.717, 1.165) is 22.6 Å². The van der Waals surface area contributed by atoms with Crippen molar-refractivity contribution in [3.63, 3.8) is 0 Å². The molecule has 0 fully saturated rings. The molecule has 1 atom stereocenters. The Bertz CT molecular complexity index is 1130. The second kappa shape index (κ2) is 8.87. The molecule has 32 heavy (non-hydrogen) atoms. The van der Waals surface area contributed by atoms with Crippen LogP contribution in [0.5, 0.6) is 11.5 Å². The summed E-state index contributed by atoms with van der Waals surface area (Å²) in [5.74, 6) is 0.850. The van der Waals surface area contributed by atoms with E-state index in [-0.39, 0.29) is 11.3 Å². The summed E-state index contributed by atoms with van der Waals surface area (Å²) >= 11 is 6.21. The molecule has 1 N–H and O–H groups in total. The SMILES string of the molecule is CC(C(=O)NCc1cc(C(C)(C)C)nn1-c1cccc(Cl)c1)c1cccc2c1OCCO2. The summed E-state index contributed by atoms with van der Waals surface area (Å²) in [6, 6.07) is 15.2. The van der Waals surface area contributed by atoms with Gasteiger partial charge in [-0.15, -0.1) is 0 Å².